The molecular formula is C18H26N4O2S. The van der Waals surface area contributed by atoms with Gasteiger partial charge < -0.3 is 14.6 Å². The molecule has 0 unspecified atom stereocenters. The van der Waals surface area contributed by atoms with Crippen molar-refractivity contribution in [2.24, 2.45) is 0 Å². The number of nitrogens with zero attached hydrogens (tertiary/aromatic N) is 3. The van der Waals surface area contributed by atoms with Gasteiger partial charge >= 0.3 is 0 Å². The Hall–Kier alpha value is -1.86. The molecule has 0 bridgehead atoms. The zero-order valence-corrected chi connectivity index (χ0v) is 16.3. The molecule has 0 saturated carbocycles. The summed E-state index contributed by atoms with van der Waals surface area (Å²) in [6.07, 6.45) is 0. The van der Waals surface area contributed by atoms with E-state index in [0.717, 1.165) is 22.2 Å². The van der Waals surface area contributed by atoms with Gasteiger partial charge in [-0.05, 0) is 37.1 Å². The monoisotopic (exact) mass is 362 g/mol. The molecule has 0 aliphatic heterocycles. The van der Waals surface area contributed by atoms with Gasteiger partial charge in [0, 0.05) is 25.3 Å². The Morgan fingerprint density at radius 3 is 2.68 bits per heavy atom. The van der Waals surface area contributed by atoms with Crippen LogP contribution in [0.1, 0.15) is 36.7 Å². The standard InChI is InChI=1S/C18H26N4O2S/c1-12(2)17-20-21-18(22(17)8-9-24-5)25-11-16(23)19-15-7-6-13(3)14(4)10-15/h6-7,10,12H,8-9,11H2,1-5H3,(H,19,23). The van der Waals surface area contributed by atoms with Crippen molar-refractivity contribution in [3.8, 4) is 0 Å². The molecule has 6 nitrogen and oxygen atoms in total. The average Bonchev–Trinajstić information content (AvgIpc) is 2.97. The number of thioether (sulfide) groups is 1. The predicted octanol–water partition coefficient (Wildman–Crippen LogP) is 3.40. The van der Waals surface area contributed by atoms with Crippen LogP contribution in [0.25, 0.3) is 0 Å². The Labute approximate surface area is 153 Å². The summed E-state index contributed by atoms with van der Waals surface area (Å²) in [4.78, 5) is 12.2. The average molecular weight is 362 g/mol. The van der Waals surface area contributed by atoms with E-state index in [0.29, 0.717) is 13.2 Å². The molecule has 1 amide bonds. The molecule has 0 fully saturated rings. The lowest BCUT2D eigenvalue weighted by atomic mass is 10.1. The van der Waals surface area contributed by atoms with Crippen LogP contribution in [0.4, 0.5) is 5.69 Å². The van der Waals surface area contributed by atoms with Crippen molar-refractivity contribution in [1.82, 2.24) is 14.8 Å². The molecule has 1 aromatic carbocycles. The number of carbonyl (C=O) groups is 1. The molecule has 0 radical (unpaired) electrons. The van der Waals surface area contributed by atoms with Gasteiger partial charge in [-0.15, -0.1) is 10.2 Å². The van der Waals surface area contributed by atoms with Crippen LogP contribution in [-0.2, 0) is 16.1 Å². The molecule has 1 N–H and O–H groups in total. The van der Waals surface area contributed by atoms with Gasteiger partial charge in [0.05, 0.1) is 12.4 Å². The number of rotatable bonds is 8. The molecule has 0 atom stereocenters. The number of aryl methyl sites for hydroxylation is 2. The normalized spacial score (nSPS) is 11.1. The Morgan fingerprint density at radius 2 is 2.04 bits per heavy atom. The first-order valence-electron chi connectivity index (χ1n) is 8.34. The number of nitrogens with one attached hydrogen (secondary N) is 1. The van der Waals surface area contributed by atoms with Gasteiger partial charge in [-0.2, -0.15) is 0 Å². The Balaban J connectivity index is 2.00. The van der Waals surface area contributed by atoms with Crippen molar-refractivity contribution in [3.63, 3.8) is 0 Å². The Bertz CT molecular complexity index is 728. The van der Waals surface area contributed by atoms with Crippen LogP contribution >= 0.6 is 11.8 Å². The highest BCUT2D eigenvalue weighted by atomic mass is 32.2. The van der Waals surface area contributed by atoms with E-state index in [1.165, 1.54) is 17.3 Å². The second-order valence-electron chi connectivity index (χ2n) is 6.28. The van der Waals surface area contributed by atoms with Crippen LogP contribution < -0.4 is 5.32 Å². The summed E-state index contributed by atoms with van der Waals surface area (Å²) in [6.45, 7) is 9.50. The smallest absolute Gasteiger partial charge is 0.234 e. The number of ether oxygens (including phenoxy) is 1. The summed E-state index contributed by atoms with van der Waals surface area (Å²) in [7, 11) is 1.67. The summed E-state index contributed by atoms with van der Waals surface area (Å²) in [5, 5.41) is 12.2. The van der Waals surface area contributed by atoms with Crippen molar-refractivity contribution in [2.75, 3.05) is 24.8 Å². The van der Waals surface area contributed by atoms with Gasteiger partial charge in [-0.1, -0.05) is 31.7 Å². The lowest BCUT2D eigenvalue weighted by molar-refractivity contribution is -0.113. The number of hydrogen-bond donors (Lipinski definition) is 1. The minimum atomic E-state index is -0.0550. The fourth-order valence-corrected chi connectivity index (χ4v) is 3.14. The fourth-order valence-electron chi connectivity index (χ4n) is 2.37. The highest BCUT2D eigenvalue weighted by molar-refractivity contribution is 7.99. The van der Waals surface area contributed by atoms with E-state index >= 15 is 0 Å². The molecular weight excluding hydrogens is 336 g/mol. The first kappa shape index (κ1) is 19.5. The molecule has 0 aliphatic rings. The van der Waals surface area contributed by atoms with Crippen LogP contribution in [0, 0.1) is 13.8 Å². The maximum atomic E-state index is 12.2. The summed E-state index contributed by atoms with van der Waals surface area (Å²) < 4.78 is 7.20. The summed E-state index contributed by atoms with van der Waals surface area (Å²) in [5.74, 6) is 1.41. The van der Waals surface area contributed by atoms with Gasteiger partial charge in [0.15, 0.2) is 5.16 Å². The van der Waals surface area contributed by atoms with Gasteiger partial charge in [-0.3, -0.25) is 4.79 Å². The largest absolute Gasteiger partial charge is 0.383 e. The first-order chi connectivity index (χ1) is 11.9. The highest BCUT2D eigenvalue weighted by Gasteiger charge is 2.16. The van der Waals surface area contributed by atoms with Crippen molar-refractivity contribution in [3.05, 3.63) is 35.2 Å². The Kier molecular flexibility index (Phi) is 7.01. The summed E-state index contributed by atoms with van der Waals surface area (Å²) >= 11 is 1.39. The number of benzene rings is 1. The minimum absolute atomic E-state index is 0.0550. The topological polar surface area (TPSA) is 69.0 Å². The van der Waals surface area contributed by atoms with Gasteiger partial charge in [-0.25, -0.2) is 0 Å². The summed E-state index contributed by atoms with van der Waals surface area (Å²) in [5.41, 5.74) is 3.18. The third kappa shape index (κ3) is 5.31. The SMILES string of the molecule is COCCn1c(SCC(=O)Nc2ccc(C)c(C)c2)nnc1C(C)C. The third-order valence-corrected chi connectivity index (χ3v) is 4.87. The van der Waals surface area contributed by atoms with E-state index < -0.39 is 0 Å². The fraction of sp³-hybridized carbons (Fsp3) is 0.500. The van der Waals surface area contributed by atoms with Crippen LogP contribution in [-0.4, -0.2) is 40.1 Å². The predicted molar refractivity (Wildman–Crippen MR) is 101 cm³/mol. The van der Waals surface area contributed by atoms with E-state index in [1.54, 1.807) is 7.11 Å². The number of amides is 1. The van der Waals surface area contributed by atoms with Crippen molar-refractivity contribution >= 4 is 23.4 Å². The lowest BCUT2D eigenvalue weighted by Crippen LogP contribution is -2.15. The van der Waals surface area contributed by atoms with Crippen LogP contribution in [0.5, 0.6) is 0 Å². The quantitative estimate of drug-likeness (QED) is 0.729. The molecule has 2 aromatic rings. The molecule has 25 heavy (non-hydrogen) atoms. The zero-order valence-electron chi connectivity index (χ0n) is 15.5. The second kappa shape index (κ2) is 9.01. The van der Waals surface area contributed by atoms with E-state index in [2.05, 4.69) is 36.3 Å². The van der Waals surface area contributed by atoms with Crippen molar-refractivity contribution < 1.29 is 9.53 Å². The molecule has 0 saturated heterocycles. The van der Waals surface area contributed by atoms with Crippen molar-refractivity contribution in [1.29, 1.82) is 0 Å². The number of carbonyl (C=O) groups excluding carboxylic acids is 1. The van der Waals surface area contributed by atoms with Crippen LogP contribution in [0.2, 0.25) is 0 Å². The zero-order chi connectivity index (χ0) is 18.4. The number of anilines is 1. The van der Waals surface area contributed by atoms with E-state index in [9.17, 15) is 4.79 Å². The van der Waals surface area contributed by atoms with Crippen molar-refractivity contribution in [2.45, 2.75) is 45.3 Å². The Morgan fingerprint density at radius 1 is 1.28 bits per heavy atom. The van der Waals surface area contributed by atoms with Crippen LogP contribution in [0.15, 0.2) is 23.4 Å². The molecule has 1 aromatic heterocycles. The molecule has 0 spiro atoms. The molecule has 7 heteroatoms. The van der Waals surface area contributed by atoms with Crippen LogP contribution in [0.3, 0.4) is 0 Å². The van der Waals surface area contributed by atoms with E-state index in [4.69, 9.17) is 4.74 Å². The minimum Gasteiger partial charge on any atom is -0.383 e. The molecule has 2 rings (SSSR count). The van der Waals surface area contributed by atoms with Gasteiger partial charge in [0.2, 0.25) is 5.91 Å². The third-order valence-electron chi connectivity index (χ3n) is 3.90. The van der Waals surface area contributed by atoms with Gasteiger partial charge in [0.1, 0.15) is 5.82 Å². The maximum Gasteiger partial charge on any atom is 0.234 e. The van der Waals surface area contributed by atoms with Gasteiger partial charge in [0.25, 0.3) is 0 Å². The molecule has 136 valence electrons. The second-order valence-corrected chi connectivity index (χ2v) is 7.22. The number of hydrogen-bond acceptors (Lipinski definition) is 5. The first-order valence-corrected chi connectivity index (χ1v) is 9.33. The maximum absolute atomic E-state index is 12.2. The summed E-state index contributed by atoms with van der Waals surface area (Å²) in [6, 6.07) is 5.91. The molecule has 0 aliphatic carbocycles. The van der Waals surface area contributed by atoms with E-state index in [1.807, 2.05) is 29.7 Å². The van der Waals surface area contributed by atoms with E-state index in [-0.39, 0.29) is 17.6 Å². The number of methoxy groups -OCH3 is 1. The highest BCUT2D eigenvalue weighted by Crippen LogP contribution is 2.22. The lowest BCUT2D eigenvalue weighted by Gasteiger charge is -2.11. The molecule has 1 heterocycles. The number of aromatic nitrogens is 3.